The fourth-order valence-corrected chi connectivity index (χ4v) is 1.98. The molecule has 1 aliphatic carbocycles. The first kappa shape index (κ1) is 13.5. The number of aliphatic carboxylic acids is 1. The van der Waals surface area contributed by atoms with Gasteiger partial charge in [0.25, 0.3) is 0 Å². The Hall–Kier alpha value is -1.96. The van der Waals surface area contributed by atoms with E-state index in [1.165, 1.54) is 11.6 Å². The second kappa shape index (κ2) is 4.96. The Morgan fingerprint density at radius 2 is 2.32 bits per heavy atom. The van der Waals surface area contributed by atoms with Crippen LogP contribution in [0.15, 0.2) is 6.20 Å². The summed E-state index contributed by atoms with van der Waals surface area (Å²) in [4.78, 5) is 23.1. The Morgan fingerprint density at radius 1 is 1.63 bits per heavy atom. The number of carbonyl (C=O) groups is 2. The Labute approximate surface area is 110 Å². The monoisotopic (exact) mass is 267 g/mol. The smallest absolute Gasteiger partial charge is 0.329 e. The number of carboxylic acid groups (broad SMARTS) is 1. The molecule has 1 aliphatic rings. The molecular weight excluding hydrogens is 250 g/mol. The minimum absolute atomic E-state index is 0.00398. The predicted molar refractivity (Wildman–Crippen MR) is 64.8 cm³/mol. The number of amides is 1. The van der Waals surface area contributed by atoms with Gasteiger partial charge in [0.1, 0.15) is 12.1 Å². The van der Waals surface area contributed by atoms with Crippen LogP contribution in [0.1, 0.15) is 25.5 Å². The van der Waals surface area contributed by atoms with Crippen LogP contribution in [0.4, 0.5) is 0 Å². The van der Waals surface area contributed by atoms with Gasteiger partial charge in [0.15, 0.2) is 0 Å². The summed E-state index contributed by atoms with van der Waals surface area (Å²) in [6, 6.07) is 0. The third-order valence-corrected chi connectivity index (χ3v) is 3.34. The van der Waals surface area contributed by atoms with Crippen LogP contribution in [0, 0.1) is 5.92 Å². The van der Waals surface area contributed by atoms with Crippen molar-refractivity contribution in [3.05, 3.63) is 11.9 Å². The van der Waals surface area contributed by atoms with Crippen LogP contribution in [-0.4, -0.2) is 37.5 Å². The van der Waals surface area contributed by atoms with E-state index in [-0.39, 0.29) is 19.0 Å². The van der Waals surface area contributed by atoms with Crippen LogP contribution < -0.4 is 11.1 Å². The summed E-state index contributed by atoms with van der Waals surface area (Å²) < 4.78 is 1.34. The zero-order valence-corrected chi connectivity index (χ0v) is 10.7. The molecule has 2 rings (SSSR count). The zero-order valence-electron chi connectivity index (χ0n) is 10.7. The number of hydrogen-bond donors (Lipinski definition) is 3. The molecule has 1 atom stereocenters. The van der Waals surface area contributed by atoms with Crippen molar-refractivity contribution in [2.45, 2.75) is 38.4 Å². The van der Waals surface area contributed by atoms with Gasteiger partial charge in [-0.3, -0.25) is 4.79 Å². The molecule has 1 unspecified atom stereocenters. The van der Waals surface area contributed by atoms with Crippen molar-refractivity contribution < 1.29 is 14.7 Å². The number of nitrogens with zero attached hydrogens (tertiary/aromatic N) is 3. The summed E-state index contributed by atoms with van der Waals surface area (Å²) in [5.41, 5.74) is 4.77. The van der Waals surface area contributed by atoms with Crippen molar-refractivity contribution in [1.82, 2.24) is 20.3 Å². The SMILES string of the molecule is CC(NC(=O)Cn1cc(CN)nn1)(C(=O)O)C1CC1. The first-order valence-electron chi connectivity index (χ1n) is 6.09. The van der Waals surface area contributed by atoms with Crippen molar-refractivity contribution in [1.29, 1.82) is 0 Å². The maximum Gasteiger partial charge on any atom is 0.329 e. The fraction of sp³-hybridized carbons (Fsp3) is 0.636. The summed E-state index contributed by atoms with van der Waals surface area (Å²) in [6.07, 6.45) is 3.21. The molecule has 0 aliphatic heterocycles. The summed E-state index contributed by atoms with van der Waals surface area (Å²) in [7, 11) is 0. The van der Waals surface area contributed by atoms with Crippen molar-refractivity contribution >= 4 is 11.9 Å². The normalized spacial score (nSPS) is 17.8. The summed E-state index contributed by atoms with van der Waals surface area (Å²) in [5.74, 6) is -1.40. The second-order valence-corrected chi connectivity index (χ2v) is 4.94. The average molecular weight is 267 g/mol. The zero-order chi connectivity index (χ0) is 14.0. The molecule has 4 N–H and O–H groups in total. The van der Waals surface area contributed by atoms with Gasteiger partial charge in [0.05, 0.1) is 11.9 Å². The Bertz CT molecular complexity index is 496. The average Bonchev–Trinajstić information content (AvgIpc) is 3.11. The molecule has 1 aromatic rings. The van der Waals surface area contributed by atoms with Crippen LogP contribution in [0.5, 0.6) is 0 Å². The highest BCUT2D eigenvalue weighted by Gasteiger charge is 2.48. The third kappa shape index (κ3) is 2.90. The fourth-order valence-electron chi connectivity index (χ4n) is 1.98. The number of carboxylic acids is 1. The lowest BCUT2D eigenvalue weighted by atomic mass is 9.96. The van der Waals surface area contributed by atoms with E-state index < -0.39 is 17.4 Å². The first-order valence-corrected chi connectivity index (χ1v) is 6.09. The Morgan fingerprint density at radius 3 is 2.79 bits per heavy atom. The van der Waals surface area contributed by atoms with Gasteiger partial charge in [-0.2, -0.15) is 0 Å². The van der Waals surface area contributed by atoms with Gasteiger partial charge in [-0.05, 0) is 25.7 Å². The van der Waals surface area contributed by atoms with Crippen molar-refractivity contribution in [2.24, 2.45) is 11.7 Å². The number of aromatic nitrogens is 3. The Balaban J connectivity index is 1.98. The molecule has 8 heteroatoms. The van der Waals surface area contributed by atoms with Gasteiger partial charge in [-0.1, -0.05) is 5.21 Å². The van der Waals surface area contributed by atoms with E-state index in [2.05, 4.69) is 15.6 Å². The standard InChI is InChI=1S/C11H17N5O3/c1-11(10(18)19,7-2-3-7)13-9(17)6-16-5-8(4-12)14-15-16/h5,7H,2-4,6,12H2,1H3,(H,13,17)(H,18,19). The maximum atomic E-state index is 11.9. The Kier molecular flexibility index (Phi) is 3.52. The number of hydrogen-bond acceptors (Lipinski definition) is 5. The van der Waals surface area contributed by atoms with Gasteiger partial charge in [-0.15, -0.1) is 5.10 Å². The third-order valence-electron chi connectivity index (χ3n) is 3.34. The summed E-state index contributed by atoms with van der Waals surface area (Å²) in [6.45, 7) is 1.72. The summed E-state index contributed by atoms with van der Waals surface area (Å²) in [5, 5.41) is 19.3. The van der Waals surface area contributed by atoms with Crippen LogP contribution in [0.2, 0.25) is 0 Å². The largest absolute Gasteiger partial charge is 0.480 e. The molecule has 104 valence electrons. The molecule has 0 aromatic carbocycles. The highest BCUT2D eigenvalue weighted by molar-refractivity contribution is 5.87. The number of nitrogens with two attached hydrogens (primary N) is 1. The van der Waals surface area contributed by atoms with Gasteiger partial charge < -0.3 is 16.2 Å². The van der Waals surface area contributed by atoms with Gasteiger partial charge in [-0.25, -0.2) is 9.48 Å². The second-order valence-electron chi connectivity index (χ2n) is 4.94. The first-order chi connectivity index (χ1) is 8.95. The maximum absolute atomic E-state index is 11.9. The van der Waals surface area contributed by atoms with E-state index in [9.17, 15) is 14.7 Å². The number of nitrogens with one attached hydrogen (secondary N) is 1. The van der Waals surface area contributed by atoms with Crippen LogP contribution >= 0.6 is 0 Å². The van der Waals surface area contributed by atoms with E-state index in [1.54, 1.807) is 6.20 Å². The van der Waals surface area contributed by atoms with E-state index in [0.717, 1.165) is 12.8 Å². The van der Waals surface area contributed by atoms with Crippen LogP contribution in [0.3, 0.4) is 0 Å². The van der Waals surface area contributed by atoms with Gasteiger partial charge >= 0.3 is 5.97 Å². The molecule has 1 fully saturated rings. The van der Waals surface area contributed by atoms with E-state index in [0.29, 0.717) is 5.69 Å². The molecule has 1 aromatic heterocycles. The van der Waals surface area contributed by atoms with Crippen molar-refractivity contribution in [2.75, 3.05) is 0 Å². The molecule has 0 saturated heterocycles. The lowest BCUT2D eigenvalue weighted by Crippen LogP contribution is -2.54. The topological polar surface area (TPSA) is 123 Å². The predicted octanol–water partition coefficient (Wildman–Crippen LogP) is -0.894. The van der Waals surface area contributed by atoms with Crippen LogP contribution in [-0.2, 0) is 22.7 Å². The lowest BCUT2D eigenvalue weighted by molar-refractivity contribution is -0.148. The van der Waals surface area contributed by atoms with E-state index >= 15 is 0 Å². The minimum atomic E-state index is -1.20. The molecule has 1 saturated carbocycles. The van der Waals surface area contributed by atoms with Crippen molar-refractivity contribution in [3.8, 4) is 0 Å². The summed E-state index contributed by atoms with van der Waals surface area (Å²) >= 11 is 0. The molecule has 0 bridgehead atoms. The van der Waals surface area contributed by atoms with E-state index in [1.807, 2.05) is 0 Å². The van der Waals surface area contributed by atoms with Gasteiger partial charge in [0.2, 0.25) is 5.91 Å². The quantitative estimate of drug-likeness (QED) is 0.614. The molecule has 1 amide bonds. The van der Waals surface area contributed by atoms with Crippen LogP contribution in [0.25, 0.3) is 0 Å². The number of rotatable bonds is 6. The highest BCUT2D eigenvalue weighted by atomic mass is 16.4. The molecule has 0 radical (unpaired) electrons. The number of carbonyl (C=O) groups excluding carboxylic acids is 1. The molecule has 19 heavy (non-hydrogen) atoms. The van der Waals surface area contributed by atoms with E-state index in [4.69, 9.17) is 5.73 Å². The molecule has 0 spiro atoms. The molecule has 1 heterocycles. The highest BCUT2D eigenvalue weighted by Crippen LogP contribution is 2.39. The molecular formula is C11H17N5O3. The molecule has 8 nitrogen and oxygen atoms in total. The van der Waals surface area contributed by atoms with Crippen molar-refractivity contribution in [3.63, 3.8) is 0 Å². The lowest BCUT2D eigenvalue weighted by Gasteiger charge is -2.26. The van der Waals surface area contributed by atoms with Gasteiger partial charge in [0, 0.05) is 6.54 Å². The minimum Gasteiger partial charge on any atom is -0.480 e.